The average molecular weight is 309 g/mol. The maximum Gasteiger partial charge on any atom is 0.126 e. The van der Waals surface area contributed by atoms with Crippen molar-refractivity contribution in [3.8, 4) is 5.75 Å². The Labute approximate surface area is 128 Å². The van der Waals surface area contributed by atoms with E-state index in [1.54, 1.807) is 25.3 Å². The number of nitrogens with two attached hydrogens (primary N) is 1. The molecule has 0 bridgehead atoms. The van der Waals surface area contributed by atoms with E-state index in [4.69, 9.17) is 33.7 Å². The maximum absolute atomic E-state index is 5.95. The van der Waals surface area contributed by atoms with Crippen LogP contribution in [0.5, 0.6) is 5.75 Å². The van der Waals surface area contributed by atoms with Crippen LogP contribution in [-0.2, 0) is 6.54 Å². The minimum absolute atomic E-state index is 0.430. The molecule has 0 aliphatic heterocycles. The Hall–Kier alpha value is -1.71. The Morgan fingerprint density at radius 1 is 1.10 bits per heavy atom. The first-order valence-electron chi connectivity index (χ1n) is 5.98. The number of hydrogen-bond acceptors (Lipinski definition) is 2. The second-order valence-corrected chi connectivity index (χ2v) is 4.99. The van der Waals surface area contributed by atoms with Crippen LogP contribution >= 0.6 is 23.2 Å². The monoisotopic (exact) mass is 308 g/mol. The number of benzene rings is 2. The van der Waals surface area contributed by atoms with Gasteiger partial charge in [0.2, 0.25) is 0 Å². The van der Waals surface area contributed by atoms with E-state index < -0.39 is 0 Å². The van der Waals surface area contributed by atoms with Crippen molar-refractivity contribution in [2.24, 2.45) is 10.7 Å². The summed E-state index contributed by atoms with van der Waals surface area (Å²) in [4.78, 5) is 4.34. The lowest BCUT2D eigenvalue weighted by Gasteiger charge is -2.04. The molecule has 3 nitrogen and oxygen atoms in total. The van der Waals surface area contributed by atoms with Crippen molar-refractivity contribution in [3.05, 3.63) is 63.6 Å². The van der Waals surface area contributed by atoms with Gasteiger partial charge in [0.25, 0.3) is 0 Å². The molecule has 5 heteroatoms. The van der Waals surface area contributed by atoms with Crippen molar-refractivity contribution >= 4 is 29.0 Å². The zero-order valence-corrected chi connectivity index (χ0v) is 12.4. The highest BCUT2D eigenvalue weighted by Gasteiger charge is 2.03. The lowest BCUT2D eigenvalue weighted by molar-refractivity contribution is 0.414. The molecule has 0 aromatic heterocycles. The van der Waals surface area contributed by atoms with Gasteiger partial charge in [-0.3, -0.25) is 4.99 Å². The predicted octanol–water partition coefficient (Wildman–Crippen LogP) is 3.91. The highest BCUT2D eigenvalue weighted by Crippen LogP contribution is 2.22. The van der Waals surface area contributed by atoms with Crippen LogP contribution in [0.2, 0.25) is 10.0 Å². The molecule has 0 aliphatic carbocycles. The third-order valence-corrected chi connectivity index (χ3v) is 3.55. The molecule has 2 rings (SSSR count). The number of amidine groups is 1. The van der Waals surface area contributed by atoms with Gasteiger partial charge in [0.05, 0.1) is 23.7 Å². The van der Waals surface area contributed by atoms with E-state index in [1.165, 1.54) is 0 Å². The summed E-state index contributed by atoms with van der Waals surface area (Å²) < 4.78 is 5.10. The van der Waals surface area contributed by atoms with Gasteiger partial charge in [-0.25, -0.2) is 0 Å². The molecule has 0 radical (unpaired) electrons. The minimum atomic E-state index is 0.430. The molecule has 0 atom stereocenters. The summed E-state index contributed by atoms with van der Waals surface area (Å²) in [6, 6.07) is 12.9. The first kappa shape index (κ1) is 14.7. The number of ether oxygens (including phenoxy) is 1. The smallest absolute Gasteiger partial charge is 0.126 e. The lowest BCUT2D eigenvalue weighted by atomic mass is 10.2. The zero-order chi connectivity index (χ0) is 14.5. The van der Waals surface area contributed by atoms with E-state index in [0.717, 1.165) is 16.9 Å². The minimum Gasteiger partial charge on any atom is -0.497 e. The number of hydrogen-bond donors (Lipinski definition) is 1. The van der Waals surface area contributed by atoms with Crippen molar-refractivity contribution in [1.29, 1.82) is 0 Å². The Bertz CT molecular complexity index is 624. The molecule has 0 unspecified atom stereocenters. The normalized spacial score (nSPS) is 11.4. The van der Waals surface area contributed by atoms with Gasteiger partial charge in [0.1, 0.15) is 11.6 Å². The van der Waals surface area contributed by atoms with Gasteiger partial charge in [0.15, 0.2) is 0 Å². The Morgan fingerprint density at radius 2 is 1.80 bits per heavy atom. The molecule has 2 N–H and O–H groups in total. The van der Waals surface area contributed by atoms with Gasteiger partial charge >= 0.3 is 0 Å². The first-order chi connectivity index (χ1) is 9.60. The van der Waals surface area contributed by atoms with Gasteiger partial charge in [0, 0.05) is 5.56 Å². The number of rotatable bonds is 4. The first-order valence-corrected chi connectivity index (χ1v) is 6.74. The van der Waals surface area contributed by atoms with Crippen LogP contribution in [0.3, 0.4) is 0 Å². The number of halogens is 2. The third kappa shape index (κ3) is 3.65. The molecular weight excluding hydrogens is 295 g/mol. The van der Waals surface area contributed by atoms with E-state index >= 15 is 0 Å². The van der Waals surface area contributed by atoms with Crippen LogP contribution in [0.4, 0.5) is 0 Å². The highest BCUT2D eigenvalue weighted by atomic mass is 35.5. The quantitative estimate of drug-likeness (QED) is 0.687. The van der Waals surface area contributed by atoms with Crippen LogP contribution in [-0.4, -0.2) is 12.9 Å². The zero-order valence-electron chi connectivity index (χ0n) is 10.9. The van der Waals surface area contributed by atoms with Crippen LogP contribution in [0.15, 0.2) is 47.5 Å². The molecule has 0 saturated heterocycles. The molecule has 104 valence electrons. The fourth-order valence-corrected chi connectivity index (χ4v) is 1.95. The molecule has 0 spiro atoms. The Balaban J connectivity index is 2.11. The van der Waals surface area contributed by atoms with E-state index in [0.29, 0.717) is 22.4 Å². The van der Waals surface area contributed by atoms with Crippen molar-refractivity contribution in [1.82, 2.24) is 0 Å². The molecule has 0 saturated carbocycles. The summed E-state index contributed by atoms with van der Waals surface area (Å²) >= 11 is 11.8. The van der Waals surface area contributed by atoms with E-state index in [-0.39, 0.29) is 0 Å². The summed E-state index contributed by atoms with van der Waals surface area (Å²) in [5.74, 6) is 1.24. The summed E-state index contributed by atoms with van der Waals surface area (Å²) in [6.07, 6.45) is 0. The van der Waals surface area contributed by atoms with Crippen molar-refractivity contribution < 1.29 is 4.74 Å². The summed E-state index contributed by atoms with van der Waals surface area (Å²) in [5, 5.41) is 0.963. The number of aliphatic imine (C=N–C) groups is 1. The van der Waals surface area contributed by atoms with Gasteiger partial charge in [-0.1, -0.05) is 35.3 Å². The summed E-state index contributed by atoms with van der Waals surface area (Å²) in [7, 11) is 1.63. The van der Waals surface area contributed by atoms with Gasteiger partial charge in [-0.05, 0) is 35.9 Å². The molecule has 0 amide bonds. The van der Waals surface area contributed by atoms with Gasteiger partial charge in [-0.15, -0.1) is 0 Å². The standard InChI is InChI=1S/C15H14Cl2N2O/c1-20-12-5-2-10(3-6-12)9-19-15(18)11-4-7-13(16)14(17)8-11/h2-8H,9H2,1H3,(H2,18,19). The number of nitrogens with zero attached hydrogens (tertiary/aromatic N) is 1. The number of methoxy groups -OCH3 is 1. The van der Waals surface area contributed by atoms with Crippen LogP contribution < -0.4 is 10.5 Å². The van der Waals surface area contributed by atoms with E-state index in [2.05, 4.69) is 4.99 Å². The highest BCUT2D eigenvalue weighted by molar-refractivity contribution is 6.42. The summed E-state index contributed by atoms with van der Waals surface area (Å²) in [5.41, 5.74) is 7.75. The van der Waals surface area contributed by atoms with Gasteiger partial charge < -0.3 is 10.5 Å². The van der Waals surface area contributed by atoms with Crippen molar-refractivity contribution in [3.63, 3.8) is 0 Å². The Kier molecular flexibility index (Phi) is 4.88. The molecule has 0 heterocycles. The Morgan fingerprint density at radius 3 is 2.40 bits per heavy atom. The predicted molar refractivity (Wildman–Crippen MR) is 83.9 cm³/mol. The van der Waals surface area contributed by atoms with Crippen LogP contribution in [0.25, 0.3) is 0 Å². The lowest BCUT2D eigenvalue weighted by Crippen LogP contribution is -2.13. The molecule has 20 heavy (non-hydrogen) atoms. The molecule has 2 aromatic rings. The van der Waals surface area contributed by atoms with Crippen LogP contribution in [0.1, 0.15) is 11.1 Å². The van der Waals surface area contributed by atoms with Crippen molar-refractivity contribution in [2.45, 2.75) is 6.54 Å². The largest absolute Gasteiger partial charge is 0.497 e. The topological polar surface area (TPSA) is 47.6 Å². The second-order valence-electron chi connectivity index (χ2n) is 4.18. The summed E-state index contributed by atoms with van der Waals surface area (Å²) in [6.45, 7) is 0.496. The average Bonchev–Trinajstić information content (AvgIpc) is 2.48. The fourth-order valence-electron chi connectivity index (χ4n) is 1.65. The van der Waals surface area contributed by atoms with Crippen LogP contribution in [0, 0.1) is 0 Å². The fraction of sp³-hybridized carbons (Fsp3) is 0.133. The maximum atomic E-state index is 5.95. The second kappa shape index (κ2) is 6.64. The van der Waals surface area contributed by atoms with E-state index in [1.807, 2.05) is 24.3 Å². The molecule has 0 fully saturated rings. The van der Waals surface area contributed by atoms with Crippen molar-refractivity contribution in [2.75, 3.05) is 7.11 Å². The van der Waals surface area contributed by atoms with E-state index in [9.17, 15) is 0 Å². The molecule has 0 aliphatic rings. The molecular formula is C15H14Cl2N2O. The van der Waals surface area contributed by atoms with Gasteiger partial charge in [-0.2, -0.15) is 0 Å². The molecule has 2 aromatic carbocycles. The third-order valence-electron chi connectivity index (χ3n) is 2.81. The SMILES string of the molecule is COc1ccc(CN=C(N)c2ccc(Cl)c(Cl)c2)cc1.